The summed E-state index contributed by atoms with van der Waals surface area (Å²) < 4.78 is 85.3. The molecule has 8 saturated heterocycles. The molecule has 0 saturated carbocycles. The molecule has 8 heterocycles. The lowest BCUT2D eigenvalue weighted by Crippen LogP contribution is -2.68. The molecule has 0 bridgehead atoms. The summed E-state index contributed by atoms with van der Waals surface area (Å²) in [5, 5.41) is 45.9. The van der Waals surface area contributed by atoms with E-state index in [0.29, 0.717) is 51.4 Å². The average molecular weight is 1020 g/mol. The SMILES string of the molecule is CO[C@@H]1[C@@H](O[C@H]2CC[C@H](OC)[C@@H](C)O2)[C@H](C)[C@@](O)(C(C)C(=O)O)O[C@H]1[C@H](C)[C@H]1O[C@@]2(CC[C@@](C)([C@H]3CC[C@@](C)([C@@H]4O[C@@H]([C@H]5O[C@](C)(O)[C@H](C)C[C@@H]5C)C[C@@H]4O[C@H]4CC[C@H](OC)[C@@H](C)O4)O3)O2)C[C@H](O)[C@H]1C. The number of aliphatic hydroxyl groups excluding tert-OH is 1. The highest BCUT2D eigenvalue weighted by molar-refractivity contribution is 5.70. The third-order valence-electron chi connectivity index (χ3n) is 18.9. The smallest absolute Gasteiger partial charge is 0.311 e. The molecule has 0 aromatic rings. The third kappa shape index (κ3) is 10.8. The van der Waals surface area contributed by atoms with Gasteiger partial charge in [-0.2, -0.15) is 0 Å². The number of hydrogen-bond acceptors (Lipinski definition) is 17. The van der Waals surface area contributed by atoms with Crippen LogP contribution in [-0.4, -0.2) is 174 Å². The summed E-state index contributed by atoms with van der Waals surface area (Å²) in [6.07, 6.45) is -0.901. The van der Waals surface area contributed by atoms with Crippen LogP contribution in [0.5, 0.6) is 0 Å². The van der Waals surface area contributed by atoms with E-state index in [2.05, 4.69) is 20.8 Å². The highest BCUT2D eigenvalue weighted by Gasteiger charge is 2.64. The van der Waals surface area contributed by atoms with Gasteiger partial charge in [0.1, 0.15) is 18.1 Å². The zero-order valence-electron chi connectivity index (χ0n) is 45.0. The highest BCUT2D eigenvalue weighted by atomic mass is 16.7. The number of aliphatic carboxylic acids is 1. The second-order valence-electron chi connectivity index (χ2n) is 23.8. The van der Waals surface area contributed by atoms with Crippen molar-refractivity contribution in [2.24, 2.45) is 35.5 Å². The molecule has 0 radical (unpaired) electrons. The molecule has 410 valence electrons. The Morgan fingerprint density at radius 2 is 1.31 bits per heavy atom. The van der Waals surface area contributed by atoms with Gasteiger partial charge in [0.15, 0.2) is 29.9 Å². The van der Waals surface area contributed by atoms with Crippen LogP contribution in [0, 0.1) is 35.5 Å². The highest BCUT2D eigenvalue weighted by Crippen LogP contribution is 2.55. The minimum Gasteiger partial charge on any atom is -0.481 e. The van der Waals surface area contributed by atoms with Gasteiger partial charge in [-0.15, -0.1) is 0 Å². The maximum atomic E-state index is 12.6. The Balaban J connectivity index is 0.999. The first-order valence-corrected chi connectivity index (χ1v) is 26.9. The topological polar surface area (TPSA) is 218 Å². The minimum absolute atomic E-state index is 0.0100. The fourth-order valence-corrected chi connectivity index (χ4v) is 13.9. The van der Waals surface area contributed by atoms with E-state index in [4.69, 9.17) is 61.6 Å². The Kier molecular flexibility index (Phi) is 16.8. The number of carbonyl (C=O) groups is 1. The zero-order valence-corrected chi connectivity index (χ0v) is 45.0. The molecular weight excluding hydrogens is 925 g/mol. The van der Waals surface area contributed by atoms with Gasteiger partial charge in [0.2, 0.25) is 0 Å². The summed E-state index contributed by atoms with van der Waals surface area (Å²) in [5.41, 5.74) is -1.60. The van der Waals surface area contributed by atoms with Gasteiger partial charge in [0.25, 0.3) is 0 Å². The Morgan fingerprint density at radius 1 is 0.676 bits per heavy atom. The van der Waals surface area contributed by atoms with Gasteiger partial charge in [-0.05, 0) is 86.0 Å². The number of carboxylic acids is 1. The first-order chi connectivity index (χ1) is 33.3. The van der Waals surface area contributed by atoms with E-state index >= 15 is 0 Å². The van der Waals surface area contributed by atoms with Crippen LogP contribution in [0.4, 0.5) is 0 Å². The third-order valence-corrected chi connectivity index (χ3v) is 18.9. The molecule has 18 heteroatoms. The molecule has 27 atom stereocenters. The Morgan fingerprint density at radius 3 is 1.90 bits per heavy atom. The summed E-state index contributed by atoms with van der Waals surface area (Å²) in [7, 11) is 4.91. The Hall–Kier alpha value is -1.17. The Bertz CT molecular complexity index is 1810. The van der Waals surface area contributed by atoms with E-state index in [1.807, 2.05) is 34.6 Å². The largest absolute Gasteiger partial charge is 0.481 e. The van der Waals surface area contributed by atoms with E-state index in [9.17, 15) is 25.2 Å². The molecule has 0 aliphatic carbocycles. The summed E-state index contributed by atoms with van der Waals surface area (Å²) >= 11 is 0. The van der Waals surface area contributed by atoms with E-state index in [1.165, 1.54) is 6.92 Å². The number of aliphatic hydroxyl groups is 3. The van der Waals surface area contributed by atoms with Gasteiger partial charge < -0.3 is 82.0 Å². The summed E-state index contributed by atoms with van der Waals surface area (Å²) in [6, 6.07) is 0. The van der Waals surface area contributed by atoms with Crippen molar-refractivity contribution in [3.63, 3.8) is 0 Å². The lowest BCUT2D eigenvalue weighted by molar-refractivity contribution is -0.385. The van der Waals surface area contributed by atoms with Gasteiger partial charge in [-0.1, -0.05) is 34.6 Å². The number of ether oxygens (including phenoxy) is 13. The van der Waals surface area contributed by atoms with Crippen LogP contribution >= 0.6 is 0 Å². The lowest BCUT2D eigenvalue weighted by atomic mass is 9.73. The van der Waals surface area contributed by atoms with Crippen molar-refractivity contribution in [3.05, 3.63) is 0 Å². The quantitative estimate of drug-likeness (QED) is 0.161. The molecule has 1 unspecified atom stereocenters. The van der Waals surface area contributed by atoms with E-state index in [1.54, 1.807) is 35.2 Å². The molecule has 8 rings (SSSR count). The van der Waals surface area contributed by atoms with Crippen LogP contribution < -0.4 is 0 Å². The molecular formula is C53H90O18. The van der Waals surface area contributed by atoms with Crippen molar-refractivity contribution in [1.29, 1.82) is 0 Å². The molecule has 0 aromatic heterocycles. The molecule has 0 amide bonds. The van der Waals surface area contributed by atoms with Crippen molar-refractivity contribution in [2.45, 2.75) is 273 Å². The summed E-state index contributed by atoms with van der Waals surface area (Å²) in [4.78, 5) is 12.6. The Labute approximate surface area is 421 Å². The molecule has 8 aliphatic heterocycles. The number of carboxylic acid groups (broad SMARTS) is 1. The van der Waals surface area contributed by atoms with Crippen molar-refractivity contribution in [2.75, 3.05) is 21.3 Å². The van der Waals surface area contributed by atoms with Crippen LogP contribution in [-0.2, 0) is 66.4 Å². The molecule has 0 aromatic carbocycles. The fourth-order valence-electron chi connectivity index (χ4n) is 13.9. The van der Waals surface area contributed by atoms with Gasteiger partial charge in [0, 0.05) is 77.1 Å². The molecule has 18 nitrogen and oxygen atoms in total. The maximum Gasteiger partial charge on any atom is 0.311 e. The first-order valence-electron chi connectivity index (χ1n) is 26.9. The monoisotopic (exact) mass is 1010 g/mol. The predicted octanol–water partition coefficient (Wildman–Crippen LogP) is 5.85. The maximum absolute atomic E-state index is 12.6. The van der Waals surface area contributed by atoms with Crippen LogP contribution in [0.1, 0.15) is 147 Å². The minimum atomic E-state index is -2.16. The summed E-state index contributed by atoms with van der Waals surface area (Å²) in [5.74, 6) is -8.91. The first kappa shape index (κ1) is 56.0. The zero-order chi connectivity index (χ0) is 51.7. The van der Waals surface area contributed by atoms with Crippen LogP contribution in [0.2, 0.25) is 0 Å². The predicted molar refractivity (Wildman–Crippen MR) is 255 cm³/mol. The van der Waals surface area contributed by atoms with Crippen LogP contribution in [0.3, 0.4) is 0 Å². The molecule has 4 N–H and O–H groups in total. The average Bonchev–Trinajstić information content (AvgIpc) is 4.03. The number of methoxy groups -OCH3 is 3. The van der Waals surface area contributed by atoms with E-state index < -0.39 is 107 Å². The van der Waals surface area contributed by atoms with Gasteiger partial charge in [-0.3, -0.25) is 4.79 Å². The van der Waals surface area contributed by atoms with Crippen molar-refractivity contribution < 1.29 is 86.8 Å². The van der Waals surface area contributed by atoms with E-state index in [0.717, 1.165) is 12.8 Å². The summed E-state index contributed by atoms with van der Waals surface area (Å²) in [6.45, 7) is 21.0. The van der Waals surface area contributed by atoms with Crippen LogP contribution in [0.25, 0.3) is 0 Å². The van der Waals surface area contributed by atoms with Crippen molar-refractivity contribution >= 4 is 5.97 Å². The molecule has 1 spiro atoms. The second kappa shape index (κ2) is 21.3. The van der Waals surface area contributed by atoms with Crippen LogP contribution in [0.15, 0.2) is 0 Å². The molecule has 71 heavy (non-hydrogen) atoms. The normalized spacial score (nSPS) is 53.8. The number of rotatable bonds is 14. The van der Waals surface area contributed by atoms with Crippen molar-refractivity contribution in [3.8, 4) is 0 Å². The van der Waals surface area contributed by atoms with Gasteiger partial charge in [0.05, 0.1) is 84.4 Å². The van der Waals surface area contributed by atoms with Gasteiger partial charge in [-0.25, -0.2) is 0 Å². The van der Waals surface area contributed by atoms with Crippen molar-refractivity contribution in [1.82, 2.24) is 0 Å². The molecule has 8 fully saturated rings. The standard InChI is InChI=1S/C53H90O18/c1-26-23-27(2)51(11,57)68-42(26)37-24-38(64-40-17-15-35(59-12)32(7)62-40)47(65-37)50(10)20-19-39(67-50)49(9)21-22-52(71-49)25-34(54)28(3)43(69-52)29(4)44-46(61-14)45(30(5)53(58,70-44)31(6)48(55)56)66-41-18-16-36(60-13)33(8)63-41/h26-47,54,57-58H,15-25H2,1-14H3,(H,55,56)/t26-,27+,28+,29+,30-,31?,32+,33+,34-,35-,36-,37+,38-,39+,40-,41-,42-,43-,44-,45-,46-,47+,49-,50-,51-,52+,53-/m0/s1. The lowest BCUT2D eigenvalue weighted by Gasteiger charge is -2.55. The fraction of sp³-hybridized carbons (Fsp3) is 0.981. The van der Waals surface area contributed by atoms with E-state index in [-0.39, 0.29) is 67.1 Å². The second-order valence-corrected chi connectivity index (χ2v) is 23.8. The van der Waals surface area contributed by atoms with Gasteiger partial charge >= 0.3 is 5.97 Å². The number of hydrogen-bond donors (Lipinski definition) is 4. The molecule has 8 aliphatic rings.